The van der Waals surface area contributed by atoms with Crippen LogP contribution < -0.4 is 20.1 Å². The number of carbonyl (C=O) groups excluding carboxylic acids is 4. The second-order valence-corrected chi connectivity index (χ2v) is 9.92. The molecule has 0 bridgehead atoms. The molecule has 4 rings (SSSR count). The van der Waals surface area contributed by atoms with Gasteiger partial charge in [-0.1, -0.05) is 48.5 Å². The van der Waals surface area contributed by atoms with Crippen molar-refractivity contribution in [2.45, 2.75) is 19.4 Å². The van der Waals surface area contributed by atoms with Gasteiger partial charge in [0.1, 0.15) is 23.7 Å². The Balaban J connectivity index is 1.51. The summed E-state index contributed by atoms with van der Waals surface area (Å²) in [6.07, 6.45) is 0.960. The number of ether oxygens (including phenoxy) is 4. The van der Waals surface area contributed by atoms with E-state index in [0.29, 0.717) is 35.4 Å². The zero-order chi connectivity index (χ0) is 32.2. The van der Waals surface area contributed by atoms with Gasteiger partial charge in [0.25, 0.3) is 5.91 Å². The second kappa shape index (κ2) is 15.7. The van der Waals surface area contributed by atoms with Crippen molar-refractivity contribution in [3.05, 3.63) is 113 Å². The minimum absolute atomic E-state index is 0.0426. The van der Waals surface area contributed by atoms with Gasteiger partial charge in [0.15, 0.2) is 6.61 Å². The van der Waals surface area contributed by atoms with Crippen molar-refractivity contribution in [3.63, 3.8) is 0 Å². The fraction of sp³-hybridized carbons (Fsp3) is 0.200. The van der Waals surface area contributed by atoms with Crippen LogP contribution in [0.1, 0.15) is 38.3 Å². The van der Waals surface area contributed by atoms with E-state index in [0.717, 1.165) is 11.1 Å². The Labute approximate surface area is 261 Å². The van der Waals surface area contributed by atoms with Crippen LogP contribution in [0.15, 0.2) is 91.0 Å². The molecule has 2 amide bonds. The lowest BCUT2D eigenvalue weighted by molar-refractivity contribution is -0.120. The molecule has 10 nitrogen and oxygen atoms in total. The van der Waals surface area contributed by atoms with Crippen molar-refractivity contribution < 1.29 is 38.1 Å². The zero-order valence-corrected chi connectivity index (χ0v) is 25.3. The summed E-state index contributed by atoms with van der Waals surface area (Å²) >= 11 is 0. The number of hydrogen-bond acceptors (Lipinski definition) is 8. The molecule has 0 aromatic heterocycles. The fourth-order valence-corrected chi connectivity index (χ4v) is 4.40. The van der Waals surface area contributed by atoms with Crippen molar-refractivity contribution in [1.29, 1.82) is 0 Å². The first-order chi connectivity index (χ1) is 21.8. The summed E-state index contributed by atoms with van der Waals surface area (Å²) in [6.45, 7) is -0.103. The van der Waals surface area contributed by atoms with Crippen LogP contribution in [0.2, 0.25) is 0 Å². The smallest absolute Gasteiger partial charge is 0.341 e. The van der Waals surface area contributed by atoms with Gasteiger partial charge < -0.3 is 29.6 Å². The average molecular weight is 611 g/mol. The molecule has 0 aliphatic carbocycles. The van der Waals surface area contributed by atoms with Gasteiger partial charge in [0.2, 0.25) is 5.91 Å². The van der Waals surface area contributed by atoms with Crippen LogP contribution in [0.4, 0.5) is 5.69 Å². The molecule has 0 aliphatic heterocycles. The highest BCUT2D eigenvalue weighted by Gasteiger charge is 2.17. The second-order valence-electron chi connectivity index (χ2n) is 9.92. The number of methoxy groups -OCH3 is 2. The summed E-state index contributed by atoms with van der Waals surface area (Å²) in [5.41, 5.74) is 4.11. The zero-order valence-electron chi connectivity index (χ0n) is 25.3. The molecule has 0 saturated heterocycles. The summed E-state index contributed by atoms with van der Waals surface area (Å²) in [4.78, 5) is 49.1. The standard InChI is InChI=1S/C35H34N2O8/c1-36-32(38)16-11-23-9-13-28(14-10-23)37-33(39)22-44-29-18-26(17-27(19-29)34(40)42-2)25-12-15-30(35(41)43-3)31(20-25)45-21-24-7-5-4-6-8-24/h4-10,12-15,17-20H,11,16,21-22H2,1-3H3,(H,36,38)(H,37,39). The molecule has 0 radical (unpaired) electrons. The van der Waals surface area contributed by atoms with Crippen LogP contribution in [0.5, 0.6) is 11.5 Å². The first-order valence-electron chi connectivity index (χ1n) is 14.1. The first kappa shape index (κ1) is 32.3. The van der Waals surface area contributed by atoms with E-state index in [1.165, 1.54) is 20.3 Å². The Bertz CT molecular complexity index is 1650. The van der Waals surface area contributed by atoms with E-state index in [1.807, 2.05) is 42.5 Å². The summed E-state index contributed by atoms with van der Waals surface area (Å²) in [6, 6.07) is 26.4. The number of hydrogen-bond donors (Lipinski definition) is 2. The molecular weight excluding hydrogens is 576 g/mol. The van der Waals surface area contributed by atoms with E-state index >= 15 is 0 Å². The highest BCUT2D eigenvalue weighted by Crippen LogP contribution is 2.32. The molecule has 0 aliphatic rings. The van der Waals surface area contributed by atoms with Gasteiger partial charge in [-0.15, -0.1) is 0 Å². The fourth-order valence-electron chi connectivity index (χ4n) is 4.40. The lowest BCUT2D eigenvalue weighted by atomic mass is 10.0. The number of benzene rings is 4. The van der Waals surface area contributed by atoms with E-state index < -0.39 is 17.8 Å². The number of aryl methyl sites for hydroxylation is 1. The lowest BCUT2D eigenvalue weighted by Crippen LogP contribution is -2.20. The molecule has 10 heteroatoms. The number of nitrogens with one attached hydrogen (secondary N) is 2. The molecule has 4 aromatic carbocycles. The Kier molecular flexibility index (Phi) is 11.3. The number of rotatable bonds is 13. The predicted octanol–water partition coefficient (Wildman–Crippen LogP) is 5.20. The molecular formula is C35H34N2O8. The molecule has 0 spiro atoms. The number of carbonyl (C=O) groups is 4. The minimum Gasteiger partial charge on any atom is -0.488 e. The monoisotopic (exact) mass is 610 g/mol. The third-order valence-electron chi connectivity index (χ3n) is 6.81. The quantitative estimate of drug-likeness (QED) is 0.198. The molecule has 2 N–H and O–H groups in total. The minimum atomic E-state index is -0.589. The van der Waals surface area contributed by atoms with Crippen molar-refractivity contribution in [2.75, 3.05) is 33.2 Å². The third-order valence-corrected chi connectivity index (χ3v) is 6.81. The summed E-state index contributed by atoms with van der Waals surface area (Å²) < 4.78 is 21.7. The van der Waals surface area contributed by atoms with Crippen LogP contribution in [0, 0.1) is 0 Å². The Hall–Kier alpha value is -5.64. The average Bonchev–Trinajstić information content (AvgIpc) is 3.08. The van der Waals surface area contributed by atoms with E-state index in [1.54, 1.807) is 49.5 Å². The van der Waals surface area contributed by atoms with Gasteiger partial charge >= 0.3 is 11.9 Å². The highest BCUT2D eigenvalue weighted by molar-refractivity contribution is 5.95. The van der Waals surface area contributed by atoms with Crippen LogP contribution in [0.25, 0.3) is 11.1 Å². The van der Waals surface area contributed by atoms with E-state index in [4.69, 9.17) is 18.9 Å². The van der Waals surface area contributed by atoms with Crippen LogP contribution in [0.3, 0.4) is 0 Å². The molecule has 0 fully saturated rings. The molecule has 45 heavy (non-hydrogen) atoms. The van der Waals surface area contributed by atoms with Gasteiger partial charge in [-0.25, -0.2) is 9.59 Å². The summed E-state index contributed by atoms with van der Waals surface area (Å²) in [5.74, 6) is -1.03. The SMILES string of the molecule is CNC(=O)CCc1ccc(NC(=O)COc2cc(C(=O)OC)cc(-c3ccc(C(=O)OC)c(OCc4ccccc4)c3)c2)cc1. The van der Waals surface area contributed by atoms with Crippen molar-refractivity contribution in [2.24, 2.45) is 0 Å². The van der Waals surface area contributed by atoms with Gasteiger partial charge in [0.05, 0.1) is 19.8 Å². The summed E-state index contributed by atoms with van der Waals surface area (Å²) in [7, 11) is 4.16. The van der Waals surface area contributed by atoms with Gasteiger partial charge in [-0.05, 0) is 71.1 Å². The molecule has 0 saturated carbocycles. The Morgan fingerprint density at radius 1 is 0.689 bits per heavy atom. The molecule has 4 aromatic rings. The van der Waals surface area contributed by atoms with Crippen LogP contribution in [-0.2, 0) is 32.1 Å². The van der Waals surface area contributed by atoms with E-state index in [2.05, 4.69) is 10.6 Å². The maximum atomic E-state index is 12.7. The Morgan fingerprint density at radius 3 is 2.11 bits per heavy atom. The number of anilines is 1. The van der Waals surface area contributed by atoms with Crippen molar-refractivity contribution >= 4 is 29.4 Å². The summed E-state index contributed by atoms with van der Waals surface area (Å²) in [5, 5.41) is 5.36. The van der Waals surface area contributed by atoms with E-state index in [-0.39, 0.29) is 36.0 Å². The molecule has 232 valence electrons. The molecule has 0 unspecified atom stereocenters. The van der Waals surface area contributed by atoms with Crippen LogP contribution >= 0.6 is 0 Å². The third kappa shape index (κ3) is 9.17. The Morgan fingerprint density at radius 2 is 1.42 bits per heavy atom. The van der Waals surface area contributed by atoms with Gasteiger partial charge in [0, 0.05) is 19.2 Å². The maximum absolute atomic E-state index is 12.7. The highest BCUT2D eigenvalue weighted by atomic mass is 16.5. The largest absolute Gasteiger partial charge is 0.488 e. The molecule has 0 heterocycles. The van der Waals surface area contributed by atoms with Crippen LogP contribution in [-0.4, -0.2) is 51.6 Å². The predicted molar refractivity (Wildman–Crippen MR) is 168 cm³/mol. The van der Waals surface area contributed by atoms with Crippen molar-refractivity contribution in [3.8, 4) is 22.6 Å². The van der Waals surface area contributed by atoms with E-state index in [9.17, 15) is 19.2 Å². The van der Waals surface area contributed by atoms with Gasteiger partial charge in [-0.2, -0.15) is 0 Å². The number of esters is 2. The molecule has 0 atom stereocenters. The number of amides is 2. The van der Waals surface area contributed by atoms with Gasteiger partial charge in [-0.3, -0.25) is 9.59 Å². The van der Waals surface area contributed by atoms with Crippen molar-refractivity contribution in [1.82, 2.24) is 5.32 Å². The topological polar surface area (TPSA) is 129 Å². The normalized spacial score (nSPS) is 10.4. The maximum Gasteiger partial charge on any atom is 0.341 e. The first-order valence-corrected chi connectivity index (χ1v) is 14.1. The lowest BCUT2D eigenvalue weighted by Gasteiger charge is -2.14.